The van der Waals surface area contributed by atoms with Crippen LogP contribution in [0.15, 0.2) is 107 Å². The molecule has 1 aliphatic heterocycles. The normalized spacial score (nSPS) is 14.4. The fourth-order valence-electron chi connectivity index (χ4n) is 4.92. The maximum Gasteiger partial charge on any atom is 0.261 e. The SMILES string of the molecule is O=C(NCc1ccco1)[C@H](Cc1ccccc1)N(Cc1ccc(Cl)cc1)C(=O)COc1ccc(S(=O)(=O)N2CCOCC2)cc1. The molecular formula is C33H34ClN3O7S. The van der Waals surface area contributed by atoms with E-state index in [4.69, 9.17) is 25.5 Å². The molecule has 1 aromatic heterocycles. The maximum absolute atomic E-state index is 13.9. The summed E-state index contributed by atoms with van der Waals surface area (Å²) < 4.78 is 43.8. The number of carbonyl (C=O) groups is 2. The number of carbonyl (C=O) groups excluding carboxylic acids is 2. The third kappa shape index (κ3) is 8.73. The lowest BCUT2D eigenvalue weighted by molar-refractivity contribution is -0.142. The maximum atomic E-state index is 13.9. The summed E-state index contributed by atoms with van der Waals surface area (Å²) >= 11 is 6.10. The highest BCUT2D eigenvalue weighted by Gasteiger charge is 2.31. The minimum Gasteiger partial charge on any atom is -0.484 e. The van der Waals surface area contributed by atoms with Gasteiger partial charge in [0, 0.05) is 31.1 Å². The average molecular weight is 652 g/mol. The van der Waals surface area contributed by atoms with Crippen LogP contribution < -0.4 is 10.1 Å². The topological polar surface area (TPSA) is 118 Å². The van der Waals surface area contributed by atoms with Crippen molar-refractivity contribution in [3.05, 3.63) is 119 Å². The average Bonchev–Trinajstić information content (AvgIpc) is 3.60. The van der Waals surface area contributed by atoms with Crippen LogP contribution in [0.1, 0.15) is 16.9 Å². The van der Waals surface area contributed by atoms with E-state index in [1.54, 1.807) is 36.4 Å². The van der Waals surface area contributed by atoms with Gasteiger partial charge in [-0.05, 0) is 59.7 Å². The zero-order valence-corrected chi connectivity index (χ0v) is 26.1. The fourth-order valence-corrected chi connectivity index (χ4v) is 6.45. The lowest BCUT2D eigenvalue weighted by atomic mass is 10.0. The van der Waals surface area contributed by atoms with Crippen LogP contribution in [0.2, 0.25) is 5.02 Å². The number of hydrogen-bond acceptors (Lipinski definition) is 7. The molecule has 45 heavy (non-hydrogen) atoms. The number of ether oxygens (including phenoxy) is 2. The molecule has 10 nitrogen and oxygen atoms in total. The second kappa shape index (κ2) is 15.2. The quantitative estimate of drug-likeness (QED) is 0.229. The van der Waals surface area contributed by atoms with E-state index in [-0.39, 0.29) is 50.0 Å². The molecule has 0 saturated carbocycles. The van der Waals surface area contributed by atoms with Crippen molar-refractivity contribution in [2.75, 3.05) is 32.9 Å². The lowest BCUT2D eigenvalue weighted by Crippen LogP contribution is -2.51. The standard InChI is InChI=1S/C33H34ClN3O7S/c34-27-10-8-26(9-11-27)23-37(31(21-25-5-2-1-3-6-25)33(39)35-22-29-7-4-18-43-29)32(38)24-44-28-12-14-30(15-13-28)45(40,41)36-16-19-42-20-17-36/h1-15,18,31H,16-17,19-24H2,(H,35,39)/t31-/m0/s1. The van der Waals surface area contributed by atoms with E-state index in [9.17, 15) is 18.0 Å². The number of nitrogens with zero attached hydrogens (tertiary/aromatic N) is 2. The molecule has 0 unspecified atom stereocenters. The van der Waals surface area contributed by atoms with Crippen molar-refractivity contribution in [2.24, 2.45) is 0 Å². The van der Waals surface area contributed by atoms with E-state index >= 15 is 0 Å². The monoisotopic (exact) mass is 651 g/mol. The highest BCUT2D eigenvalue weighted by atomic mass is 35.5. The number of sulfonamides is 1. The van der Waals surface area contributed by atoms with Gasteiger partial charge in [-0.1, -0.05) is 54.1 Å². The minimum atomic E-state index is -3.67. The van der Waals surface area contributed by atoms with Gasteiger partial charge in [0.05, 0.1) is 30.9 Å². The molecule has 0 bridgehead atoms. The van der Waals surface area contributed by atoms with Gasteiger partial charge in [0.1, 0.15) is 17.6 Å². The van der Waals surface area contributed by atoms with Crippen molar-refractivity contribution in [3.63, 3.8) is 0 Å². The highest BCUT2D eigenvalue weighted by molar-refractivity contribution is 7.89. The van der Waals surface area contributed by atoms with E-state index in [0.717, 1.165) is 11.1 Å². The van der Waals surface area contributed by atoms with Gasteiger partial charge >= 0.3 is 0 Å². The molecule has 12 heteroatoms. The molecule has 2 amide bonds. The first kappa shape index (κ1) is 32.2. The van der Waals surface area contributed by atoms with E-state index in [1.807, 2.05) is 30.3 Å². The Morgan fingerprint density at radius 1 is 0.911 bits per heavy atom. The molecule has 1 saturated heterocycles. The predicted octanol–water partition coefficient (Wildman–Crippen LogP) is 4.29. The van der Waals surface area contributed by atoms with Crippen LogP contribution in [0.25, 0.3) is 0 Å². The zero-order valence-electron chi connectivity index (χ0n) is 24.5. The Hall–Kier alpha value is -4.16. The van der Waals surface area contributed by atoms with Crippen LogP contribution in [-0.2, 0) is 43.9 Å². The third-order valence-corrected chi connectivity index (χ3v) is 9.51. The zero-order chi connectivity index (χ0) is 31.6. The highest BCUT2D eigenvalue weighted by Crippen LogP contribution is 2.22. The van der Waals surface area contributed by atoms with Gasteiger partial charge in [-0.2, -0.15) is 4.31 Å². The Kier molecular flexibility index (Phi) is 10.9. The molecule has 1 N–H and O–H groups in total. The number of nitrogens with one attached hydrogen (secondary N) is 1. The summed E-state index contributed by atoms with van der Waals surface area (Å²) in [5.74, 6) is 0.122. The molecule has 1 atom stereocenters. The molecule has 1 aliphatic rings. The predicted molar refractivity (Wildman–Crippen MR) is 168 cm³/mol. The number of benzene rings is 3. The summed E-state index contributed by atoms with van der Waals surface area (Å²) in [4.78, 5) is 29.2. The minimum absolute atomic E-state index is 0.127. The molecule has 3 aromatic carbocycles. The first-order chi connectivity index (χ1) is 21.8. The Morgan fingerprint density at radius 3 is 2.29 bits per heavy atom. The molecule has 236 valence electrons. The lowest BCUT2D eigenvalue weighted by Gasteiger charge is -2.31. The number of hydrogen-bond donors (Lipinski definition) is 1. The second-order valence-electron chi connectivity index (χ2n) is 10.4. The summed E-state index contributed by atoms with van der Waals surface area (Å²) in [5.41, 5.74) is 1.66. The second-order valence-corrected chi connectivity index (χ2v) is 12.8. The van der Waals surface area contributed by atoms with Gasteiger partial charge in [0.25, 0.3) is 5.91 Å². The van der Waals surface area contributed by atoms with Gasteiger partial charge < -0.3 is 24.1 Å². The Labute approximate surface area is 267 Å². The van der Waals surface area contributed by atoms with Crippen molar-refractivity contribution in [1.82, 2.24) is 14.5 Å². The molecule has 2 heterocycles. The number of rotatable bonds is 13. The van der Waals surface area contributed by atoms with Gasteiger partial charge in [0.15, 0.2) is 6.61 Å². The number of amides is 2. The van der Waals surface area contributed by atoms with Crippen molar-refractivity contribution >= 4 is 33.4 Å². The first-order valence-corrected chi connectivity index (χ1v) is 16.3. The van der Waals surface area contributed by atoms with E-state index in [1.165, 1.54) is 39.7 Å². The van der Waals surface area contributed by atoms with E-state index < -0.39 is 22.0 Å². The molecule has 0 spiro atoms. The fraction of sp³-hybridized carbons (Fsp3) is 0.273. The Balaban J connectivity index is 1.35. The molecule has 5 rings (SSSR count). The number of morpholine rings is 1. The summed E-state index contributed by atoms with van der Waals surface area (Å²) in [6, 6.07) is 25.1. The first-order valence-electron chi connectivity index (χ1n) is 14.5. The van der Waals surface area contributed by atoms with Gasteiger partial charge in [-0.15, -0.1) is 0 Å². The van der Waals surface area contributed by atoms with E-state index in [2.05, 4.69) is 5.32 Å². The van der Waals surface area contributed by atoms with Gasteiger partial charge in [0.2, 0.25) is 15.9 Å². The van der Waals surface area contributed by atoms with Crippen LogP contribution in [0.5, 0.6) is 5.75 Å². The molecular weight excluding hydrogens is 618 g/mol. The smallest absolute Gasteiger partial charge is 0.261 e. The third-order valence-electron chi connectivity index (χ3n) is 7.35. The van der Waals surface area contributed by atoms with Crippen LogP contribution in [0.4, 0.5) is 0 Å². The molecule has 1 fully saturated rings. The Morgan fingerprint density at radius 2 is 1.62 bits per heavy atom. The molecule has 0 aliphatic carbocycles. The largest absolute Gasteiger partial charge is 0.484 e. The van der Waals surface area contributed by atoms with Gasteiger partial charge in [-0.3, -0.25) is 9.59 Å². The van der Waals surface area contributed by atoms with Crippen LogP contribution in [0, 0.1) is 0 Å². The van der Waals surface area contributed by atoms with E-state index in [0.29, 0.717) is 29.7 Å². The van der Waals surface area contributed by atoms with Gasteiger partial charge in [-0.25, -0.2) is 8.42 Å². The Bertz CT molecular complexity index is 1640. The van der Waals surface area contributed by atoms with Crippen LogP contribution >= 0.6 is 11.6 Å². The number of halogens is 1. The van der Waals surface area contributed by atoms with Crippen molar-refractivity contribution in [2.45, 2.75) is 30.4 Å². The summed E-state index contributed by atoms with van der Waals surface area (Å²) in [6.07, 6.45) is 1.79. The molecule has 4 aromatic rings. The number of furan rings is 1. The van der Waals surface area contributed by atoms with Crippen LogP contribution in [0.3, 0.4) is 0 Å². The summed E-state index contributed by atoms with van der Waals surface area (Å²) in [7, 11) is -3.67. The van der Waals surface area contributed by atoms with Crippen molar-refractivity contribution in [1.29, 1.82) is 0 Å². The summed E-state index contributed by atoms with van der Waals surface area (Å²) in [5, 5.41) is 3.45. The van der Waals surface area contributed by atoms with Crippen LogP contribution in [-0.4, -0.2) is 68.4 Å². The summed E-state index contributed by atoms with van der Waals surface area (Å²) in [6.45, 7) is 1.19. The molecule has 0 radical (unpaired) electrons. The van der Waals surface area contributed by atoms with Crippen molar-refractivity contribution < 1.29 is 31.9 Å². The van der Waals surface area contributed by atoms with Crippen molar-refractivity contribution in [3.8, 4) is 5.75 Å².